The Balaban J connectivity index is 2.28. The summed E-state index contributed by atoms with van der Waals surface area (Å²) >= 11 is 0. The second kappa shape index (κ2) is 4.90. The number of rotatable bonds is 5. The number of hydrogen-bond donors (Lipinski definition) is 2. The van der Waals surface area contributed by atoms with Gasteiger partial charge in [-0.05, 0) is 18.8 Å². The average Bonchev–Trinajstić information content (AvgIpc) is 2.52. The number of aromatic amines is 1. The van der Waals surface area contributed by atoms with Crippen molar-refractivity contribution in [1.82, 2.24) is 9.97 Å². The molecule has 0 spiro atoms. The van der Waals surface area contributed by atoms with Crippen molar-refractivity contribution in [3.05, 3.63) is 11.9 Å². The zero-order chi connectivity index (χ0) is 9.68. The van der Waals surface area contributed by atoms with E-state index in [0.29, 0.717) is 0 Å². The predicted octanol–water partition coefficient (Wildman–Crippen LogP) is 2.43. The lowest BCUT2D eigenvalue weighted by Crippen LogP contribution is -1.92. The molecule has 0 aromatic carbocycles. The van der Waals surface area contributed by atoms with Gasteiger partial charge < -0.3 is 10.3 Å². The third-order valence-electron chi connectivity index (χ3n) is 2.09. The molecule has 0 aliphatic rings. The van der Waals surface area contributed by atoms with Crippen LogP contribution in [0.15, 0.2) is 6.20 Å². The van der Waals surface area contributed by atoms with Crippen LogP contribution in [0, 0.1) is 5.92 Å². The van der Waals surface area contributed by atoms with Crippen LogP contribution in [0.3, 0.4) is 0 Å². The molecule has 1 aromatic heterocycles. The fourth-order valence-corrected chi connectivity index (χ4v) is 1.31. The summed E-state index contributed by atoms with van der Waals surface area (Å²) in [4.78, 5) is 7.38. The van der Waals surface area contributed by atoms with Crippen LogP contribution < -0.4 is 5.32 Å². The highest BCUT2D eigenvalue weighted by Crippen LogP contribution is 2.09. The fourth-order valence-electron chi connectivity index (χ4n) is 1.31. The zero-order valence-corrected chi connectivity index (χ0v) is 8.72. The summed E-state index contributed by atoms with van der Waals surface area (Å²) in [7, 11) is 1.87. The lowest BCUT2D eigenvalue weighted by Gasteiger charge is -2.02. The third kappa shape index (κ3) is 3.49. The summed E-state index contributed by atoms with van der Waals surface area (Å²) in [6.07, 6.45) is 5.54. The quantitative estimate of drug-likeness (QED) is 0.732. The monoisotopic (exact) mass is 181 g/mol. The Kier molecular flexibility index (Phi) is 3.80. The van der Waals surface area contributed by atoms with Gasteiger partial charge in [0.05, 0.1) is 6.20 Å². The van der Waals surface area contributed by atoms with Crippen molar-refractivity contribution >= 4 is 5.95 Å². The number of H-pyrrole nitrogens is 1. The topological polar surface area (TPSA) is 40.7 Å². The molecule has 1 rings (SSSR count). The molecule has 13 heavy (non-hydrogen) atoms. The highest BCUT2D eigenvalue weighted by Gasteiger charge is 1.99. The van der Waals surface area contributed by atoms with Gasteiger partial charge in [0.1, 0.15) is 0 Å². The summed E-state index contributed by atoms with van der Waals surface area (Å²) in [5, 5.41) is 2.98. The molecule has 0 atom stereocenters. The first kappa shape index (κ1) is 10.1. The first-order chi connectivity index (χ1) is 6.22. The van der Waals surface area contributed by atoms with Crippen molar-refractivity contribution in [2.45, 2.75) is 33.1 Å². The number of anilines is 1. The summed E-state index contributed by atoms with van der Waals surface area (Å²) in [6, 6.07) is 0. The Morgan fingerprint density at radius 1 is 1.54 bits per heavy atom. The molecular formula is C10H19N3. The molecule has 1 heterocycles. The van der Waals surface area contributed by atoms with Crippen molar-refractivity contribution in [2.75, 3.05) is 12.4 Å². The maximum Gasteiger partial charge on any atom is 0.200 e. The number of imidazole rings is 1. The van der Waals surface area contributed by atoms with E-state index < -0.39 is 0 Å². The molecular weight excluding hydrogens is 162 g/mol. The van der Waals surface area contributed by atoms with Crippen LogP contribution in [-0.2, 0) is 6.42 Å². The summed E-state index contributed by atoms with van der Waals surface area (Å²) < 4.78 is 0. The Morgan fingerprint density at radius 2 is 2.31 bits per heavy atom. The van der Waals surface area contributed by atoms with Crippen molar-refractivity contribution < 1.29 is 0 Å². The van der Waals surface area contributed by atoms with E-state index >= 15 is 0 Å². The molecule has 0 aliphatic heterocycles. The first-order valence-electron chi connectivity index (χ1n) is 4.94. The van der Waals surface area contributed by atoms with Crippen LogP contribution in [0.1, 0.15) is 32.4 Å². The lowest BCUT2D eigenvalue weighted by atomic mass is 10.1. The van der Waals surface area contributed by atoms with E-state index in [9.17, 15) is 0 Å². The van der Waals surface area contributed by atoms with Crippen molar-refractivity contribution in [1.29, 1.82) is 0 Å². The number of nitrogens with zero attached hydrogens (tertiary/aromatic N) is 1. The minimum atomic E-state index is 0.798. The third-order valence-corrected chi connectivity index (χ3v) is 2.09. The van der Waals surface area contributed by atoms with Crippen molar-refractivity contribution in [3.63, 3.8) is 0 Å². The Morgan fingerprint density at radius 3 is 2.85 bits per heavy atom. The number of nitrogens with one attached hydrogen (secondary N) is 2. The molecule has 0 bridgehead atoms. The molecule has 2 N–H and O–H groups in total. The van der Waals surface area contributed by atoms with Gasteiger partial charge in [0.25, 0.3) is 0 Å². The number of aromatic nitrogens is 2. The smallest absolute Gasteiger partial charge is 0.200 e. The lowest BCUT2D eigenvalue weighted by molar-refractivity contribution is 0.553. The predicted molar refractivity (Wildman–Crippen MR) is 55.9 cm³/mol. The standard InChI is InChI=1S/C10H19N3/c1-8(2)5-4-6-9-7-12-10(11-3)13-9/h7-8H,4-6H2,1-3H3,(H2,11,12,13). The largest absolute Gasteiger partial charge is 0.359 e. The zero-order valence-electron chi connectivity index (χ0n) is 8.72. The second-order valence-corrected chi connectivity index (χ2v) is 3.79. The Bertz CT molecular complexity index is 240. The minimum absolute atomic E-state index is 0.798. The molecule has 0 unspecified atom stereocenters. The van der Waals surface area contributed by atoms with Gasteiger partial charge in [0.15, 0.2) is 5.95 Å². The molecule has 3 nitrogen and oxygen atoms in total. The van der Waals surface area contributed by atoms with E-state index in [2.05, 4.69) is 29.1 Å². The fraction of sp³-hybridized carbons (Fsp3) is 0.700. The van der Waals surface area contributed by atoms with Crippen LogP contribution >= 0.6 is 0 Å². The molecule has 0 amide bonds. The van der Waals surface area contributed by atoms with Gasteiger partial charge >= 0.3 is 0 Å². The molecule has 3 heteroatoms. The molecule has 1 aromatic rings. The van der Waals surface area contributed by atoms with Crippen LogP contribution in [-0.4, -0.2) is 17.0 Å². The van der Waals surface area contributed by atoms with E-state index in [1.165, 1.54) is 18.5 Å². The van der Waals surface area contributed by atoms with Gasteiger partial charge in [-0.1, -0.05) is 20.3 Å². The van der Waals surface area contributed by atoms with Gasteiger partial charge in [-0.2, -0.15) is 0 Å². The molecule has 0 fully saturated rings. The van der Waals surface area contributed by atoms with Crippen LogP contribution in [0.4, 0.5) is 5.95 Å². The molecule has 0 aliphatic carbocycles. The van der Waals surface area contributed by atoms with Gasteiger partial charge in [-0.25, -0.2) is 4.98 Å². The van der Waals surface area contributed by atoms with Crippen LogP contribution in [0.5, 0.6) is 0 Å². The molecule has 74 valence electrons. The van der Waals surface area contributed by atoms with E-state index in [4.69, 9.17) is 0 Å². The highest BCUT2D eigenvalue weighted by atomic mass is 15.1. The normalized spacial score (nSPS) is 10.8. The average molecular weight is 181 g/mol. The Hall–Kier alpha value is -0.990. The van der Waals surface area contributed by atoms with Crippen molar-refractivity contribution in [2.24, 2.45) is 5.92 Å². The van der Waals surface area contributed by atoms with Gasteiger partial charge in [-0.3, -0.25) is 0 Å². The molecule has 0 radical (unpaired) electrons. The van der Waals surface area contributed by atoms with Gasteiger partial charge in [-0.15, -0.1) is 0 Å². The number of hydrogen-bond acceptors (Lipinski definition) is 2. The maximum absolute atomic E-state index is 4.17. The molecule has 0 saturated carbocycles. The SMILES string of the molecule is CNc1ncc(CCCC(C)C)[nH]1. The minimum Gasteiger partial charge on any atom is -0.359 e. The molecule has 0 saturated heterocycles. The van der Waals surface area contributed by atoms with E-state index in [1.54, 1.807) is 0 Å². The maximum atomic E-state index is 4.17. The number of aryl methyl sites for hydroxylation is 1. The van der Waals surface area contributed by atoms with Gasteiger partial charge in [0.2, 0.25) is 0 Å². The Labute approximate surface area is 80.0 Å². The van der Waals surface area contributed by atoms with E-state index in [1.807, 2.05) is 13.2 Å². The van der Waals surface area contributed by atoms with Crippen LogP contribution in [0.2, 0.25) is 0 Å². The van der Waals surface area contributed by atoms with E-state index in [0.717, 1.165) is 18.3 Å². The van der Waals surface area contributed by atoms with Crippen LogP contribution in [0.25, 0.3) is 0 Å². The summed E-state index contributed by atoms with van der Waals surface area (Å²) in [5.74, 6) is 1.66. The van der Waals surface area contributed by atoms with E-state index in [-0.39, 0.29) is 0 Å². The first-order valence-corrected chi connectivity index (χ1v) is 4.94. The van der Waals surface area contributed by atoms with Gasteiger partial charge in [0, 0.05) is 12.7 Å². The highest BCUT2D eigenvalue weighted by molar-refractivity contribution is 5.24. The summed E-state index contributed by atoms with van der Waals surface area (Å²) in [5.41, 5.74) is 1.23. The second-order valence-electron chi connectivity index (χ2n) is 3.79. The van der Waals surface area contributed by atoms with Crippen molar-refractivity contribution in [3.8, 4) is 0 Å². The summed E-state index contributed by atoms with van der Waals surface area (Å²) in [6.45, 7) is 4.51.